The lowest BCUT2D eigenvalue weighted by Crippen LogP contribution is -2.22. The van der Waals surface area contributed by atoms with E-state index in [1.54, 1.807) is 0 Å². The molecule has 0 radical (unpaired) electrons. The molecule has 0 aliphatic carbocycles. The van der Waals surface area contributed by atoms with Crippen molar-refractivity contribution in [1.82, 2.24) is 0 Å². The summed E-state index contributed by atoms with van der Waals surface area (Å²) in [5.41, 5.74) is 2.71. The molecule has 0 spiro atoms. The number of hydrogen-bond donors (Lipinski definition) is 1. The summed E-state index contributed by atoms with van der Waals surface area (Å²) in [7, 11) is 0. The molecule has 0 aliphatic heterocycles. The van der Waals surface area contributed by atoms with Gasteiger partial charge < -0.3 is 10.1 Å². The Hall–Kier alpha value is -1.79. The molecule has 2 aromatic rings. The number of aryl methyl sites for hydroxylation is 2. The van der Waals surface area contributed by atoms with Crippen LogP contribution in [0.15, 0.2) is 51.8 Å². The summed E-state index contributed by atoms with van der Waals surface area (Å²) >= 11 is 4.73. The van der Waals surface area contributed by atoms with Gasteiger partial charge >= 0.3 is 5.97 Å². The van der Waals surface area contributed by atoms with E-state index in [0.29, 0.717) is 0 Å². The quantitative estimate of drug-likeness (QED) is 0.571. The maximum Gasteiger partial charge on any atom is 0.316 e. The number of carbonyl (C=O) groups excluding carboxylic acids is 2. The van der Waals surface area contributed by atoms with Gasteiger partial charge in [-0.2, -0.15) is 0 Å². The highest BCUT2D eigenvalue weighted by Gasteiger charge is 2.11. The van der Waals surface area contributed by atoms with E-state index in [9.17, 15) is 9.59 Å². The van der Waals surface area contributed by atoms with Gasteiger partial charge in [-0.1, -0.05) is 34.1 Å². The Morgan fingerprint density at radius 3 is 2.33 bits per heavy atom. The Balaban J connectivity index is 1.77. The molecule has 2 aromatic carbocycles. The van der Waals surface area contributed by atoms with Crippen LogP contribution in [0.4, 0.5) is 5.69 Å². The van der Waals surface area contributed by atoms with Crippen LogP contribution in [0.2, 0.25) is 0 Å². The number of nitrogens with one attached hydrogen (secondary N) is 1. The minimum atomic E-state index is -0.417. The Morgan fingerprint density at radius 1 is 1.08 bits per heavy atom. The van der Waals surface area contributed by atoms with E-state index < -0.39 is 5.97 Å². The lowest BCUT2D eigenvalue weighted by molar-refractivity contribution is -0.144. The van der Waals surface area contributed by atoms with E-state index >= 15 is 0 Å². The van der Waals surface area contributed by atoms with Crippen LogP contribution in [0.3, 0.4) is 0 Å². The molecule has 0 aliphatic rings. The minimum Gasteiger partial charge on any atom is -0.455 e. The van der Waals surface area contributed by atoms with Crippen molar-refractivity contribution < 1.29 is 14.3 Å². The molecule has 24 heavy (non-hydrogen) atoms. The normalized spacial score (nSPS) is 10.3. The second kappa shape index (κ2) is 8.89. The van der Waals surface area contributed by atoms with Crippen LogP contribution in [0.1, 0.15) is 11.1 Å². The number of benzene rings is 2. The van der Waals surface area contributed by atoms with Crippen molar-refractivity contribution in [1.29, 1.82) is 0 Å². The molecule has 1 N–H and O–H groups in total. The van der Waals surface area contributed by atoms with E-state index in [4.69, 9.17) is 4.74 Å². The Bertz CT molecular complexity index is 711. The highest BCUT2D eigenvalue weighted by Crippen LogP contribution is 2.21. The van der Waals surface area contributed by atoms with Crippen molar-refractivity contribution in [2.24, 2.45) is 0 Å². The highest BCUT2D eigenvalue weighted by atomic mass is 79.9. The molecule has 0 fully saturated rings. The lowest BCUT2D eigenvalue weighted by Gasteiger charge is -2.11. The summed E-state index contributed by atoms with van der Waals surface area (Å²) < 4.78 is 6.00. The van der Waals surface area contributed by atoms with Crippen LogP contribution in [-0.2, 0) is 14.3 Å². The predicted octanol–water partition coefficient (Wildman–Crippen LogP) is 4.34. The largest absolute Gasteiger partial charge is 0.455 e. The van der Waals surface area contributed by atoms with Gasteiger partial charge in [0.25, 0.3) is 5.91 Å². The number of anilines is 1. The van der Waals surface area contributed by atoms with Gasteiger partial charge in [-0.05, 0) is 49.2 Å². The molecule has 0 heterocycles. The molecule has 2 rings (SSSR count). The van der Waals surface area contributed by atoms with Gasteiger partial charge in [0.1, 0.15) is 0 Å². The highest BCUT2D eigenvalue weighted by molar-refractivity contribution is 9.10. The number of carbonyl (C=O) groups is 2. The monoisotopic (exact) mass is 407 g/mol. The average Bonchev–Trinajstić information content (AvgIpc) is 2.56. The Kier molecular flexibility index (Phi) is 6.87. The maximum absolute atomic E-state index is 11.9. The first-order chi connectivity index (χ1) is 11.5. The SMILES string of the molecule is Cc1cccc(C)c1NC(=O)COC(=O)CSc1ccc(Br)cc1. The number of ether oxygens (including phenoxy) is 1. The molecule has 0 atom stereocenters. The van der Waals surface area contributed by atoms with E-state index in [1.165, 1.54) is 11.8 Å². The fourth-order valence-electron chi connectivity index (χ4n) is 2.05. The molecule has 0 aromatic heterocycles. The van der Waals surface area contributed by atoms with Gasteiger partial charge in [0.05, 0.1) is 5.75 Å². The van der Waals surface area contributed by atoms with E-state index in [2.05, 4.69) is 21.2 Å². The summed E-state index contributed by atoms with van der Waals surface area (Å²) in [5.74, 6) is -0.591. The van der Waals surface area contributed by atoms with Crippen molar-refractivity contribution in [3.05, 3.63) is 58.1 Å². The molecule has 0 saturated heterocycles. The predicted molar refractivity (Wildman–Crippen MR) is 100 cm³/mol. The zero-order chi connectivity index (χ0) is 17.5. The number of hydrogen-bond acceptors (Lipinski definition) is 4. The topological polar surface area (TPSA) is 55.4 Å². The number of thioether (sulfide) groups is 1. The van der Waals surface area contributed by atoms with E-state index in [1.807, 2.05) is 56.3 Å². The molecule has 126 valence electrons. The number of para-hydroxylation sites is 1. The van der Waals surface area contributed by atoms with Gasteiger partial charge in [0.15, 0.2) is 6.61 Å². The molecule has 0 saturated carbocycles. The van der Waals surface area contributed by atoms with Gasteiger partial charge in [-0.3, -0.25) is 9.59 Å². The van der Waals surface area contributed by atoms with Crippen LogP contribution < -0.4 is 5.32 Å². The zero-order valence-corrected chi connectivity index (χ0v) is 15.9. The van der Waals surface area contributed by atoms with Crippen molar-refractivity contribution in [3.63, 3.8) is 0 Å². The molecule has 6 heteroatoms. The number of halogens is 1. The molecular weight excluding hydrogens is 390 g/mol. The number of esters is 1. The molecule has 0 bridgehead atoms. The van der Waals surface area contributed by atoms with Crippen molar-refractivity contribution in [2.45, 2.75) is 18.7 Å². The van der Waals surface area contributed by atoms with Gasteiger partial charge in [-0.15, -0.1) is 11.8 Å². The van der Waals surface area contributed by atoms with Crippen molar-refractivity contribution in [3.8, 4) is 0 Å². The molecule has 1 amide bonds. The van der Waals surface area contributed by atoms with Gasteiger partial charge in [-0.25, -0.2) is 0 Å². The van der Waals surface area contributed by atoms with Crippen LogP contribution in [0, 0.1) is 13.8 Å². The third-order valence-corrected chi connectivity index (χ3v) is 4.79. The van der Waals surface area contributed by atoms with Crippen molar-refractivity contribution in [2.75, 3.05) is 17.7 Å². The zero-order valence-electron chi connectivity index (χ0n) is 13.5. The second-order valence-electron chi connectivity index (χ2n) is 5.22. The Morgan fingerprint density at radius 2 is 1.71 bits per heavy atom. The van der Waals surface area contributed by atoms with Crippen LogP contribution >= 0.6 is 27.7 Å². The summed E-state index contributed by atoms with van der Waals surface area (Å²) in [4.78, 5) is 24.6. The first-order valence-corrected chi connectivity index (χ1v) is 9.13. The maximum atomic E-state index is 11.9. The third-order valence-electron chi connectivity index (χ3n) is 3.28. The molecule has 4 nitrogen and oxygen atoms in total. The minimum absolute atomic E-state index is 0.165. The lowest BCUT2D eigenvalue weighted by atomic mass is 10.1. The van der Waals surface area contributed by atoms with Gasteiger partial charge in [0, 0.05) is 15.1 Å². The summed E-state index contributed by atoms with van der Waals surface area (Å²) in [6.45, 7) is 3.56. The van der Waals surface area contributed by atoms with Crippen LogP contribution in [0.25, 0.3) is 0 Å². The van der Waals surface area contributed by atoms with Crippen LogP contribution in [0.5, 0.6) is 0 Å². The standard InChI is InChI=1S/C18H18BrNO3S/c1-12-4-3-5-13(2)18(12)20-16(21)10-23-17(22)11-24-15-8-6-14(19)7-9-15/h3-9H,10-11H2,1-2H3,(H,20,21). The fourth-order valence-corrected chi connectivity index (χ4v) is 3.01. The summed E-state index contributed by atoms with van der Waals surface area (Å²) in [6.07, 6.45) is 0. The summed E-state index contributed by atoms with van der Waals surface area (Å²) in [5, 5.41) is 2.79. The smallest absolute Gasteiger partial charge is 0.316 e. The first-order valence-electron chi connectivity index (χ1n) is 7.36. The second-order valence-corrected chi connectivity index (χ2v) is 7.18. The molecular formula is C18H18BrNO3S. The van der Waals surface area contributed by atoms with Crippen LogP contribution in [-0.4, -0.2) is 24.2 Å². The average molecular weight is 408 g/mol. The third kappa shape index (κ3) is 5.69. The summed E-state index contributed by atoms with van der Waals surface area (Å²) in [6, 6.07) is 13.4. The van der Waals surface area contributed by atoms with Gasteiger partial charge in [0.2, 0.25) is 0 Å². The number of rotatable bonds is 6. The van der Waals surface area contributed by atoms with Crippen molar-refractivity contribution >= 4 is 45.3 Å². The number of amides is 1. The first kappa shape index (κ1) is 18.5. The Labute approximate surface area is 154 Å². The van der Waals surface area contributed by atoms with E-state index in [0.717, 1.165) is 26.2 Å². The van der Waals surface area contributed by atoms with E-state index in [-0.39, 0.29) is 18.3 Å². The fraction of sp³-hybridized carbons (Fsp3) is 0.222. The molecule has 0 unspecified atom stereocenters.